The first-order valence-electron chi connectivity index (χ1n) is 9.36. The van der Waals surface area contributed by atoms with Gasteiger partial charge in [0.2, 0.25) is 5.91 Å². The lowest BCUT2D eigenvalue weighted by Gasteiger charge is -2.12. The van der Waals surface area contributed by atoms with Gasteiger partial charge in [0.25, 0.3) is 0 Å². The van der Waals surface area contributed by atoms with Crippen molar-refractivity contribution in [1.82, 2.24) is 14.3 Å². The van der Waals surface area contributed by atoms with Crippen LogP contribution in [-0.4, -0.2) is 20.2 Å². The molecule has 0 fully saturated rings. The molecule has 0 unspecified atom stereocenters. The Hall–Kier alpha value is -3.66. The molecule has 0 saturated carbocycles. The molecule has 4 heteroatoms. The van der Waals surface area contributed by atoms with Gasteiger partial charge >= 0.3 is 0 Å². The number of rotatable bonds is 3. The fourth-order valence-electron chi connectivity index (χ4n) is 3.73. The van der Waals surface area contributed by atoms with E-state index >= 15 is 0 Å². The lowest BCUT2D eigenvalue weighted by Crippen LogP contribution is -2.22. The summed E-state index contributed by atoms with van der Waals surface area (Å²) in [5, 5.41) is 0. The minimum atomic E-state index is 0.0149. The van der Waals surface area contributed by atoms with Gasteiger partial charge in [-0.2, -0.15) is 0 Å². The minimum absolute atomic E-state index is 0.0149. The second-order valence-corrected chi connectivity index (χ2v) is 6.94. The third kappa shape index (κ3) is 2.89. The van der Waals surface area contributed by atoms with Gasteiger partial charge in [0.15, 0.2) is 0 Å². The second-order valence-electron chi connectivity index (χ2n) is 6.94. The largest absolute Gasteiger partial charge is 0.330 e. The van der Waals surface area contributed by atoms with Crippen LogP contribution in [0.4, 0.5) is 0 Å². The van der Waals surface area contributed by atoms with Crippen molar-refractivity contribution in [2.45, 2.75) is 13.1 Å². The lowest BCUT2D eigenvalue weighted by atomic mass is 10.1. The summed E-state index contributed by atoms with van der Waals surface area (Å²) in [4.78, 5) is 19.4. The van der Waals surface area contributed by atoms with E-state index in [-0.39, 0.29) is 5.91 Å². The van der Waals surface area contributed by atoms with Crippen molar-refractivity contribution in [3.05, 3.63) is 102 Å². The summed E-state index contributed by atoms with van der Waals surface area (Å²) in [6.45, 7) is 1.33. The van der Waals surface area contributed by atoms with Crippen LogP contribution in [0.5, 0.6) is 0 Å². The van der Waals surface area contributed by atoms with Gasteiger partial charge in [-0.25, -0.2) is 4.98 Å². The molecule has 2 aromatic heterocycles. The zero-order chi connectivity index (χ0) is 18.9. The van der Waals surface area contributed by atoms with E-state index in [1.807, 2.05) is 82.2 Å². The van der Waals surface area contributed by atoms with Gasteiger partial charge in [-0.3, -0.25) is 9.20 Å². The van der Waals surface area contributed by atoms with Gasteiger partial charge in [-0.15, -0.1) is 0 Å². The molecule has 28 heavy (non-hydrogen) atoms. The van der Waals surface area contributed by atoms with Crippen LogP contribution in [0.2, 0.25) is 0 Å². The smallest absolute Gasteiger partial charge is 0.247 e. The van der Waals surface area contributed by atoms with Crippen molar-refractivity contribution in [2.75, 3.05) is 0 Å². The number of nitrogens with zero attached hydrogens (tertiary/aromatic N) is 3. The van der Waals surface area contributed by atoms with Crippen molar-refractivity contribution >= 4 is 17.6 Å². The highest BCUT2D eigenvalue weighted by Gasteiger charge is 2.21. The third-order valence-electron chi connectivity index (χ3n) is 5.15. The van der Waals surface area contributed by atoms with E-state index in [1.165, 1.54) is 11.1 Å². The maximum atomic E-state index is 12.8. The highest BCUT2D eigenvalue weighted by Crippen LogP contribution is 2.26. The Balaban J connectivity index is 1.49. The Morgan fingerprint density at radius 1 is 0.857 bits per heavy atom. The quantitative estimate of drug-likeness (QED) is 0.499. The Bertz CT molecular complexity index is 1170. The van der Waals surface area contributed by atoms with Gasteiger partial charge in [0.05, 0.1) is 11.4 Å². The summed E-state index contributed by atoms with van der Waals surface area (Å²) in [7, 11) is 0. The fraction of sp³-hybridized carbons (Fsp3) is 0.0833. The molecular formula is C24H19N3O. The molecule has 0 radical (unpaired) electrons. The molecule has 0 saturated heterocycles. The van der Waals surface area contributed by atoms with E-state index in [9.17, 15) is 4.79 Å². The fourth-order valence-corrected chi connectivity index (χ4v) is 3.73. The van der Waals surface area contributed by atoms with Crippen LogP contribution in [0.15, 0.2) is 85.1 Å². The predicted octanol–water partition coefficient (Wildman–Crippen LogP) is 4.56. The number of carbonyl (C=O) groups is 1. The molecule has 2 aromatic carbocycles. The van der Waals surface area contributed by atoms with Gasteiger partial charge in [-0.1, -0.05) is 60.7 Å². The summed E-state index contributed by atoms with van der Waals surface area (Å²) in [6, 6.07) is 24.2. The van der Waals surface area contributed by atoms with E-state index < -0.39 is 0 Å². The van der Waals surface area contributed by atoms with E-state index in [0.717, 1.165) is 22.6 Å². The van der Waals surface area contributed by atoms with Crippen molar-refractivity contribution < 1.29 is 4.79 Å². The number of fused-ring (bicyclic) bond motifs is 2. The minimum Gasteiger partial charge on any atom is -0.330 e. The third-order valence-corrected chi connectivity index (χ3v) is 5.15. The van der Waals surface area contributed by atoms with E-state index in [2.05, 4.69) is 12.1 Å². The summed E-state index contributed by atoms with van der Waals surface area (Å²) in [5.41, 5.74) is 6.13. The van der Waals surface area contributed by atoms with Crippen molar-refractivity contribution in [1.29, 1.82) is 0 Å². The number of amides is 1. The first kappa shape index (κ1) is 16.5. The van der Waals surface area contributed by atoms with Crippen LogP contribution < -0.4 is 0 Å². The van der Waals surface area contributed by atoms with Crippen molar-refractivity contribution in [3.63, 3.8) is 0 Å². The van der Waals surface area contributed by atoms with Gasteiger partial charge in [0, 0.05) is 30.9 Å². The second kappa shape index (κ2) is 6.82. The Morgan fingerprint density at radius 3 is 2.29 bits per heavy atom. The first-order valence-corrected chi connectivity index (χ1v) is 9.36. The maximum absolute atomic E-state index is 12.8. The van der Waals surface area contributed by atoms with E-state index in [4.69, 9.17) is 4.98 Å². The van der Waals surface area contributed by atoms with Crippen LogP contribution >= 0.6 is 0 Å². The number of benzene rings is 2. The van der Waals surface area contributed by atoms with Crippen LogP contribution in [0, 0.1) is 0 Å². The monoisotopic (exact) mass is 365 g/mol. The molecule has 0 spiro atoms. The first-order chi connectivity index (χ1) is 13.8. The molecule has 1 amide bonds. The van der Waals surface area contributed by atoms with Crippen LogP contribution in [0.1, 0.15) is 16.8 Å². The molecule has 0 bridgehead atoms. The zero-order valence-corrected chi connectivity index (χ0v) is 15.3. The molecule has 3 heterocycles. The number of hydrogen-bond acceptors (Lipinski definition) is 2. The highest BCUT2D eigenvalue weighted by molar-refractivity contribution is 5.93. The average molecular weight is 365 g/mol. The predicted molar refractivity (Wildman–Crippen MR) is 110 cm³/mol. The zero-order valence-electron chi connectivity index (χ0n) is 15.3. The molecule has 0 aliphatic carbocycles. The van der Waals surface area contributed by atoms with Crippen LogP contribution in [0.25, 0.3) is 23.0 Å². The SMILES string of the molecule is O=C(/C=C/c1c(-c2ccccc2)nc2ccccn12)N1Cc2ccccc2C1. The molecule has 136 valence electrons. The molecule has 0 atom stereocenters. The summed E-state index contributed by atoms with van der Waals surface area (Å²) in [5.74, 6) is 0.0149. The van der Waals surface area contributed by atoms with Gasteiger partial charge in [-0.05, 0) is 29.3 Å². The standard InChI is InChI=1S/C24H19N3O/c28-23(26-16-19-10-4-5-11-20(19)17-26)14-13-21-24(18-8-2-1-3-9-18)25-22-12-6-7-15-27(21)22/h1-15H,16-17H2/b14-13+. The van der Waals surface area contributed by atoms with Crippen LogP contribution in [0.3, 0.4) is 0 Å². The number of imidazole rings is 1. The Morgan fingerprint density at radius 2 is 1.54 bits per heavy atom. The molecular weight excluding hydrogens is 346 g/mol. The maximum Gasteiger partial charge on any atom is 0.247 e. The van der Waals surface area contributed by atoms with Crippen molar-refractivity contribution in [2.24, 2.45) is 0 Å². The average Bonchev–Trinajstić information content (AvgIpc) is 3.34. The lowest BCUT2D eigenvalue weighted by molar-refractivity contribution is -0.126. The van der Waals surface area contributed by atoms with Crippen LogP contribution in [-0.2, 0) is 17.9 Å². The number of aromatic nitrogens is 2. The summed E-state index contributed by atoms with van der Waals surface area (Å²) < 4.78 is 2.02. The molecule has 0 N–H and O–H groups in total. The van der Waals surface area contributed by atoms with Crippen molar-refractivity contribution in [3.8, 4) is 11.3 Å². The van der Waals surface area contributed by atoms with Gasteiger partial charge < -0.3 is 4.90 Å². The number of pyridine rings is 1. The van der Waals surface area contributed by atoms with Gasteiger partial charge in [0.1, 0.15) is 5.65 Å². The summed E-state index contributed by atoms with van der Waals surface area (Å²) >= 11 is 0. The highest BCUT2D eigenvalue weighted by atomic mass is 16.2. The summed E-state index contributed by atoms with van der Waals surface area (Å²) in [6.07, 6.45) is 5.52. The topological polar surface area (TPSA) is 37.6 Å². The number of carbonyl (C=O) groups excluding carboxylic acids is 1. The van der Waals surface area contributed by atoms with E-state index in [0.29, 0.717) is 13.1 Å². The number of hydrogen-bond donors (Lipinski definition) is 0. The molecule has 1 aliphatic heterocycles. The molecule has 5 rings (SSSR count). The normalized spacial score (nSPS) is 13.4. The molecule has 4 aromatic rings. The van der Waals surface area contributed by atoms with E-state index in [1.54, 1.807) is 6.08 Å². The molecule has 4 nitrogen and oxygen atoms in total. The Labute approximate surface area is 163 Å². The Kier molecular flexibility index (Phi) is 4.02. The molecule has 1 aliphatic rings.